The van der Waals surface area contributed by atoms with Crippen molar-refractivity contribution >= 4 is 0 Å². The second kappa shape index (κ2) is 3.97. The van der Waals surface area contributed by atoms with Crippen LogP contribution in [0.5, 0.6) is 0 Å². The van der Waals surface area contributed by atoms with Crippen molar-refractivity contribution in [2.75, 3.05) is 7.11 Å². The number of hydrogen-bond donors (Lipinski definition) is 1. The molecular formula is C11H22O2. The molecule has 1 aliphatic rings. The number of aliphatic hydroxyl groups is 1. The largest absolute Gasteiger partial charge is 0.387 e. The molecule has 0 amide bonds. The number of methoxy groups -OCH3 is 1. The maximum atomic E-state index is 10.0. The predicted octanol–water partition coefficient (Wildman–Crippen LogP) is 2.21. The lowest BCUT2D eigenvalue weighted by Gasteiger charge is -2.41. The highest BCUT2D eigenvalue weighted by atomic mass is 16.5. The Balaban J connectivity index is 2.58. The minimum atomic E-state index is -0.611. The normalized spacial score (nSPS) is 41.1. The fraction of sp³-hybridized carbons (Fsp3) is 1.00. The van der Waals surface area contributed by atoms with Gasteiger partial charge >= 0.3 is 0 Å². The third-order valence-electron chi connectivity index (χ3n) is 3.46. The first-order valence-electron chi connectivity index (χ1n) is 5.22. The third-order valence-corrected chi connectivity index (χ3v) is 3.46. The molecule has 0 aromatic carbocycles. The van der Waals surface area contributed by atoms with Gasteiger partial charge < -0.3 is 9.84 Å². The zero-order chi connectivity index (χ0) is 10.1. The molecule has 0 heterocycles. The fourth-order valence-corrected chi connectivity index (χ4v) is 2.24. The summed E-state index contributed by atoms with van der Waals surface area (Å²) >= 11 is 0. The van der Waals surface area contributed by atoms with Gasteiger partial charge in [0, 0.05) is 7.11 Å². The molecule has 1 fully saturated rings. The van der Waals surface area contributed by atoms with Gasteiger partial charge in [-0.15, -0.1) is 0 Å². The summed E-state index contributed by atoms with van der Waals surface area (Å²) < 4.78 is 5.34. The van der Waals surface area contributed by atoms with E-state index < -0.39 is 5.60 Å². The van der Waals surface area contributed by atoms with E-state index in [0.29, 0.717) is 11.8 Å². The highest BCUT2D eigenvalue weighted by Crippen LogP contribution is 2.36. The molecule has 1 rings (SSSR count). The molecule has 0 bridgehead atoms. The van der Waals surface area contributed by atoms with Crippen LogP contribution in [0.3, 0.4) is 0 Å². The number of rotatable bonds is 2. The van der Waals surface area contributed by atoms with Crippen molar-refractivity contribution in [2.45, 2.75) is 51.7 Å². The van der Waals surface area contributed by atoms with Crippen LogP contribution in [0.15, 0.2) is 0 Å². The van der Waals surface area contributed by atoms with Gasteiger partial charge in [0.15, 0.2) is 0 Å². The molecule has 0 spiro atoms. The van der Waals surface area contributed by atoms with Gasteiger partial charge in [-0.25, -0.2) is 0 Å². The number of ether oxygens (including phenoxy) is 1. The SMILES string of the molecule is COC1CC(C(C)C)CCC1(C)O. The molecule has 13 heavy (non-hydrogen) atoms. The van der Waals surface area contributed by atoms with Crippen molar-refractivity contribution in [2.24, 2.45) is 11.8 Å². The molecule has 3 atom stereocenters. The average Bonchev–Trinajstić information content (AvgIpc) is 2.03. The minimum absolute atomic E-state index is 0.0219. The van der Waals surface area contributed by atoms with Crippen LogP contribution >= 0.6 is 0 Å². The van der Waals surface area contributed by atoms with E-state index in [9.17, 15) is 5.11 Å². The van der Waals surface area contributed by atoms with E-state index in [1.54, 1.807) is 7.11 Å². The third kappa shape index (κ3) is 2.44. The summed E-state index contributed by atoms with van der Waals surface area (Å²) in [4.78, 5) is 0. The second-order valence-electron chi connectivity index (χ2n) is 4.86. The predicted molar refractivity (Wildman–Crippen MR) is 53.6 cm³/mol. The van der Waals surface area contributed by atoms with Crippen molar-refractivity contribution in [3.63, 3.8) is 0 Å². The van der Waals surface area contributed by atoms with Gasteiger partial charge in [-0.2, -0.15) is 0 Å². The fourth-order valence-electron chi connectivity index (χ4n) is 2.24. The van der Waals surface area contributed by atoms with E-state index in [2.05, 4.69) is 13.8 Å². The van der Waals surface area contributed by atoms with Crippen LogP contribution in [-0.4, -0.2) is 23.9 Å². The van der Waals surface area contributed by atoms with E-state index >= 15 is 0 Å². The van der Waals surface area contributed by atoms with Crippen LogP contribution in [0.2, 0.25) is 0 Å². The van der Waals surface area contributed by atoms with Gasteiger partial charge in [-0.3, -0.25) is 0 Å². The lowest BCUT2D eigenvalue weighted by molar-refractivity contribution is -0.120. The molecule has 1 saturated carbocycles. The van der Waals surface area contributed by atoms with Gasteiger partial charge in [-0.1, -0.05) is 13.8 Å². The van der Waals surface area contributed by atoms with E-state index in [1.165, 1.54) is 0 Å². The van der Waals surface area contributed by atoms with Gasteiger partial charge in [0.1, 0.15) is 0 Å². The summed E-state index contributed by atoms with van der Waals surface area (Å²) in [5.41, 5.74) is -0.611. The van der Waals surface area contributed by atoms with Crippen molar-refractivity contribution in [1.29, 1.82) is 0 Å². The standard InChI is InChI=1S/C11H22O2/c1-8(2)9-5-6-11(3,12)10(7-9)13-4/h8-10,12H,5-7H2,1-4H3. The topological polar surface area (TPSA) is 29.5 Å². The van der Waals surface area contributed by atoms with Gasteiger partial charge in [0.2, 0.25) is 0 Å². The Morgan fingerprint density at radius 3 is 2.54 bits per heavy atom. The van der Waals surface area contributed by atoms with Gasteiger partial charge in [0.25, 0.3) is 0 Å². The van der Waals surface area contributed by atoms with Crippen molar-refractivity contribution in [3.05, 3.63) is 0 Å². The first-order valence-corrected chi connectivity index (χ1v) is 5.22. The first kappa shape index (κ1) is 11.0. The van der Waals surface area contributed by atoms with E-state index in [4.69, 9.17) is 4.74 Å². The van der Waals surface area contributed by atoms with Crippen LogP contribution in [0, 0.1) is 11.8 Å². The zero-order valence-electron chi connectivity index (χ0n) is 9.21. The maximum absolute atomic E-state index is 10.0. The van der Waals surface area contributed by atoms with E-state index in [0.717, 1.165) is 19.3 Å². The molecule has 2 nitrogen and oxygen atoms in total. The summed E-state index contributed by atoms with van der Waals surface area (Å²) in [7, 11) is 1.70. The molecule has 1 N–H and O–H groups in total. The molecule has 1 aliphatic carbocycles. The summed E-state index contributed by atoms with van der Waals surface area (Å²) in [6.45, 7) is 6.38. The molecule has 3 unspecified atom stereocenters. The molecule has 0 saturated heterocycles. The Kier molecular flexibility index (Phi) is 3.36. The van der Waals surface area contributed by atoms with Gasteiger partial charge in [0.05, 0.1) is 11.7 Å². The van der Waals surface area contributed by atoms with E-state index in [1.807, 2.05) is 6.92 Å². The summed E-state index contributed by atoms with van der Waals surface area (Å²) in [5, 5.41) is 10.0. The van der Waals surface area contributed by atoms with Crippen LogP contribution in [-0.2, 0) is 4.74 Å². The van der Waals surface area contributed by atoms with Crippen LogP contribution in [0.25, 0.3) is 0 Å². The lowest BCUT2D eigenvalue weighted by atomic mass is 9.73. The monoisotopic (exact) mass is 186 g/mol. The lowest BCUT2D eigenvalue weighted by Crippen LogP contribution is -2.46. The molecular weight excluding hydrogens is 164 g/mol. The minimum Gasteiger partial charge on any atom is -0.387 e. The Morgan fingerprint density at radius 1 is 1.46 bits per heavy atom. The smallest absolute Gasteiger partial charge is 0.0880 e. The van der Waals surface area contributed by atoms with Crippen LogP contribution in [0.4, 0.5) is 0 Å². The Labute approximate surface area is 81.3 Å². The number of hydrogen-bond acceptors (Lipinski definition) is 2. The zero-order valence-corrected chi connectivity index (χ0v) is 9.21. The summed E-state index contributed by atoms with van der Waals surface area (Å²) in [5.74, 6) is 1.42. The van der Waals surface area contributed by atoms with Gasteiger partial charge in [-0.05, 0) is 38.0 Å². The highest BCUT2D eigenvalue weighted by molar-refractivity contribution is 4.90. The summed E-state index contributed by atoms with van der Waals surface area (Å²) in [6, 6.07) is 0. The molecule has 0 radical (unpaired) electrons. The van der Waals surface area contributed by atoms with Crippen LogP contribution < -0.4 is 0 Å². The highest BCUT2D eigenvalue weighted by Gasteiger charge is 2.39. The molecule has 0 aromatic rings. The average molecular weight is 186 g/mol. The maximum Gasteiger partial charge on any atom is 0.0880 e. The van der Waals surface area contributed by atoms with Crippen molar-refractivity contribution in [1.82, 2.24) is 0 Å². The Hall–Kier alpha value is -0.0800. The second-order valence-corrected chi connectivity index (χ2v) is 4.86. The van der Waals surface area contributed by atoms with E-state index in [-0.39, 0.29) is 6.10 Å². The van der Waals surface area contributed by atoms with Crippen molar-refractivity contribution in [3.8, 4) is 0 Å². The molecule has 78 valence electrons. The Bertz CT molecular complexity index is 163. The Morgan fingerprint density at radius 2 is 2.08 bits per heavy atom. The molecule has 0 aromatic heterocycles. The summed E-state index contributed by atoms with van der Waals surface area (Å²) in [6.07, 6.45) is 3.02. The molecule has 2 heteroatoms. The van der Waals surface area contributed by atoms with Crippen LogP contribution in [0.1, 0.15) is 40.0 Å². The first-order chi connectivity index (χ1) is 5.97. The quantitative estimate of drug-likeness (QED) is 0.716. The molecule has 0 aliphatic heterocycles. The van der Waals surface area contributed by atoms with Crippen molar-refractivity contribution < 1.29 is 9.84 Å².